The Hall–Kier alpha value is -1.12. The Kier molecular flexibility index (Phi) is 14.1. The first-order valence-corrected chi connectivity index (χ1v) is 21.0. The Morgan fingerprint density at radius 1 is 0.754 bits per heavy atom. The van der Waals surface area contributed by atoms with Gasteiger partial charge in [0.2, 0.25) is 0 Å². The summed E-state index contributed by atoms with van der Waals surface area (Å²) in [6, 6.07) is 0. The molecule has 6 rings (SSSR count). The zero-order valence-electron chi connectivity index (χ0n) is 34.6. The Morgan fingerprint density at radius 3 is 1.98 bits per heavy atom. The van der Waals surface area contributed by atoms with Gasteiger partial charge in [0, 0.05) is 20.1 Å². The van der Waals surface area contributed by atoms with Crippen LogP contribution in [0.3, 0.4) is 0 Å². The average Bonchev–Trinajstić information content (AvgIpc) is 3.46. The third kappa shape index (κ3) is 8.07. The highest BCUT2D eigenvalue weighted by molar-refractivity contribution is 5.40. The van der Waals surface area contributed by atoms with E-state index < -0.39 is 109 Å². The summed E-state index contributed by atoms with van der Waals surface area (Å²) in [5.41, 5.74) is 1.86. The van der Waals surface area contributed by atoms with E-state index >= 15 is 0 Å². The van der Waals surface area contributed by atoms with E-state index in [1.807, 2.05) is 0 Å². The van der Waals surface area contributed by atoms with Crippen LogP contribution in [-0.2, 0) is 28.4 Å². The van der Waals surface area contributed by atoms with E-state index in [4.69, 9.17) is 28.4 Å². The maximum atomic E-state index is 12.0. The van der Waals surface area contributed by atoms with Gasteiger partial charge in [-0.2, -0.15) is 0 Å². The zero-order chi connectivity index (χ0) is 41.9. The fourth-order valence-electron chi connectivity index (χ4n) is 11.8. The third-order valence-corrected chi connectivity index (χ3v) is 15.1. The van der Waals surface area contributed by atoms with E-state index in [1.54, 1.807) is 0 Å². The summed E-state index contributed by atoms with van der Waals surface area (Å²) in [7, 11) is 2.82. The van der Waals surface area contributed by atoms with Gasteiger partial charge in [-0.25, -0.2) is 0 Å². The van der Waals surface area contributed by atoms with Crippen LogP contribution in [0.5, 0.6) is 0 Å². The summed E-state index contributed by atoms with van der Waals surface area (Å²) in [4.78, 5) is 0. The van der Waals surface area contributed by atoms with E-state index in [0.717, 1.165) is 36.0 Å². The highest BCUT2D eigenvalue weighted by Crippen LogP contribution is 2.66. The normalized spacial score (nSPS) is 49.4. The number of hydrogen-bond acceptors (Lipinski definition) is 15. The molecule has 21 atom stereocenters. The lowest BCUT2D eigenvalue weighted by Crippen LogP contribution is -2.65. The van der Waals surface area contributed by atoms with Crippen LogP contribution in [0, 0.1) is 40.4 Å². The van der Waals surface area contributed by atoms with Crippen molar-refractivity contribution in [2.45, 2.75) is 171 Å². The van der Waals surface area contributed by atoms with Crippen LogP contribution in [0.15, 0.2) is 23.3 Å². The third-order valence-electron chi connectivity index (χ3n) is 15.1. The van der Waals surface area contributed by atoms with Crippen molar-refractivity contribution in [2.24, 2.45) is 40.4 Å². The largest absolute Gasteiger partial charge is 0.390 e. The van der Waals surface area contributed by atoms with Crippen LogP contribution in [0.4, 0.5) is 0 Å². The Morgan fingerprint density at radius 2 is 1.37 bits per heavy atom. The van der Waals surface area contributed by atoms with Gasteiger partial charge >= 0.3 is 0 Å². The average molecular weight is 815 g/mol. The van der Waals surface area contributed by atoms with E-state index in [9.17, 15) is 46.0 Å². The van der Waals surface area contributed by atoms with Crippen molar-refractivity contribution in [3.05, 3.63) is 23.3 Å². The van der Waals surface area contributed by atoms with E-state index in [0.29, 0.717) is 31.6 Å². The van der Waals surface area contributed by atoms with Crippen molar-refractivity contribution in [3.63, 3.8) is 0 Å². The van der Waals surface area contributed by atoms with Crippen molar-refractivity contribution < 1.29 is 74.4 Å². The van der Waals surface area contributed by atoms with E-state index in [2.05, 4.69) is 41.2 Å². The van der Waals surface area contributed by atoms with Gasteiger partial charge in [0.15, 0.2) is 12.6 Å². The van der Waals surface area contributed by atoms with Gasteiger partial charge in [0.05, 0.1) is 37.6 Å². The Bertz CT molecular complexity index is 1430. The summed E-state index contributed by atoms with van der Waals surface area (Å²) in [5, 5.41) is 101. The lowest BCUT2D eigenvalue weighted by atomic mass is 9.47. The monoisotopic (exact) mass is 814 g/mol. The molecular formula is C42H70O15. The van der Waals surface area contributed by atoms with Crippen molar-refractivity contribution in [1.29, 1.82) is 0 Å². The van der Waals surface area contributed by atoms with Gasteiger partial charge in [-0.3, -0.25) is 0 Å². The van der Waals surface area contributed by atoms with Gasteiger partial charge in [0.25, 0.3) is 0 Å². The molecule has 2 saturated heterocycles. The molecular weight excluding hydrogens is 744 g/mol. The quantitative estimate of drug-likeness (QED) is 0.115. The molecule has 0 aromatic heterocycles. The summed E-state index contributed by atoms with van der Waals surface area (Å²) in [6.45, 7) is 14.8. The molecule has 5 fully saturated rings. The number of aliphatic hydroxyl groups is 9. The second-order valence-electron chi connectivity index (χ2n) is 18.8. The molecule has 9 N–H and O–H groups in total. The lowest BCUT2D eigenvalue weighted by molar-refractivity contribution is -0.365. The molecule has 0 spiro atoms. The maximum Gasteiger partial charge on any atom is 0.187 e. The molecule has 0 unspecified atom stereocenters. The fourth-order valence-corrected chi connectivity index (χ4v) is 11.8. The topological polar surface area (TPSA) is 237 Å². The molecule has 4 aliphatic carbocycles. The van der Waals surface area contributed by atoms with Crippen LogP contribution in [0.1, 0.15) is 79.6 Å². The lowest BCUT2D eigenvalue weighted by Gasteiger charge is -2.60. The fraction of sp³-hybridized carbons (Fsp3) is 0.905. The van der Waals surface area contributed by atoms with Crippen molar-refractivity contribution in [2.75, 3.05) is 27.4 Å². The predicted molar refractivity (Wildman–Crippen MR) is 204 cm³/mol. The number of allylic oxidation sites excluding steroid dienone is 1. The first-order valence-electron chi connectivity index (χ1n) is 21.0. The van der Waals surface area contributed by atoms with Crippen LogP contribution in [0.25, 0.3) is 0 Å². The summed E-state index contributed by atoms with van der Waals surface area (Å²) in [5.74, 6) is -0.619. The molecule has 0 amide bonds. The molecule has 0 bridgehead atoms. The molecule has 0 radical (unpaired) electrons. The molecule has 0 aromatic rings. The van der Waals surface area contributed by atoms with E-state index in [1.165, 1.54) is 14.2 Å². The minimum Gasteiger partial charge on any atom is -0.390 e. The molecule has 0 aromatic carbocycles. The van der Waals surface area contributed by atoms with Crippen molar-refractivity contribution >= 4 is 0 Å². The Labute approximate surface area is 336 Å². The number of hydrogen-bond donors (Lipinski definition) is 9. The second kappa shape index (κ2) is 17.7. The summed E-state index contributed by atoms with van der Waals surface area (Å²) in [6.07, 6.45) is -15.3. The maximum absolute atomic E-state index is 12.0. The van der Waals surface area contributed by atoms with Crippen molar-refractivity contribution in [3.8, 4) is 0 Å². The Balaban J connectivity index is 1.34. The van der Waals surface area contributed by atoms with Gasteiger partial charge in [0.1, 0.15) is 54.9 Å². The molecule has 6 aliphatic rings. The van der Waals surface area contributed by atoms with Gasteiger partial charge in [-0.1, -0.05) is 52.3 Å². The van der Waals surface area contributed by atoms with Crippen molar-refractivity contribution in [1.82, 2.24) is 0 Å². The number of aliphatic hydroxyl groups excluding tert-OH is 9. The van der Waals surface area contributed by atoms with E-state index in [-0.39, 0.29) is 31.0 Å². The standard InChI is InChI=1S/C42H70O15/c1-18(2)19(3)9-10-20(4)28-24(15-22-27-21(11-13-42(22,28)6)41(5)14-12-23(43)30(44)29(41)34(48)33(27)47)54-40-37(51)38(32(46)26(56-40)17-53-8)57-39-36(50)35(49)31(45)25(55-39)16-52-7/h18,20-21,23-26,28-40,43-51H,3,9-17H2,1-2,4-8H3/t20-,21+,23+,24-,25-,26-,28+,29-,30+,31+,32+,33-,34+,35+,36-,37-,38+,39+,40-,41-,42+/m1/s1. The predicted octanol–water partition coefficient (Wildman–Crippen LogP) is 0.539. The molecule has 3 saturated carbocycles. The summed E-state index contributed by atoms with van der Waals surface area (Å²) < 4.78 is 35.4. The molecule has 57 heavy (non-hydrogen) atoms. The number of ether oxygens (including phenoxy) is 6. The molecule has 15 heteroatoms. The van der Waals surface area contributed by atoms with Crippen LogP contribution in [0.2, 0.25) is 0 Å². The highest BCUT2D eigenvalue weighted by atomic mass is 16.7. The highest BCUT2D eigenvalue weighted by Gasteiger charge is 2.64. The first-order chi connectivity index (χ1) is 26.8. The minimum absolute atomic E-state index is 0.0651. The van der Waals surface area contributed by atoms with Gasteiger partial charge < -0.3 is 74.4 Å². The second-order valence-corrected chi connectivity index (χ2v) is 18.8. The molecule has 2 aliphatic heterocycles. The molecule has 2 heterocycles. The number of rotatable bonds is 13. The molecule has 328 valence electrons. The number of fused-ring (bicyclic) bond motifs is 4. The number of methoxy groups -OCH3 is 2. The summed E-state index contributed by atoms with van der Waals surface area (Å²) >= 11 is 0. The van der Waals surface area contributed by atoms with Crippen LogP contribution >= 0.6 is 0 Å². The van der Waals surface area contributed by atoms with Gasteiger partial charge in [-0.05, 0) is 85.0 Å². The van der Waals surface area contributed by atoms with Crippen LogP contribution < -0.4 is 0 Å². The van der Waals surface area contributed by atoms with Crippen LogP contribution in [-0.4, -0.2) is 165 Å². The first kappa shape index (κ1) is 45.4. The molecule has 15 nitrogen and oxygen atoms in total. The smallest absolute Gasteiger partial charge is 0.187 e. The minimum atomic E-state index is -1.73. The zero-order valence-corrected chi connectivity index (χ0v) is 34.6. The SMILES string of the molecule is C=C(CC[C@@H](C)[C@H]1[C@H](O[C@@H]2O[C@H](COC)[C@H](O)[C@H](O[C@@H]3O[C@H](COC)[C@H](O)[C@H](O)[C@H]3O)[C@H]2O)CC2=C3[C@@H](O)[C@@H](O)[C@H]4[C@@H](O)[C@@H](O)CC[C@]4(C)[C@H]3CC[C@@]21C)C(C)C. The van der Waals surface area contributed by atoms with Gasteiger partial charge in [-0.15, -0.1) is 0 Å².